The Hall–Kier alpha value is -3.36. The highest BCUT2D eigenvalue weighted by atomic mass is 19.1. The van der Waals surface area contributed by atoms with Crippen LogP contribution in [0.15, 0.2) is 60.7 Å². The molecule has 0 atom stereocenters. The highest BCUT2D eigenvalue weighted by Crippen LogP contribution is 2.15. The molecule has 0 aliphatic carbocycles. The van der Waals surface area contributed by atoms with Crippen LogP contribution in [0.25, 0.3) is 0 Å². The van der Waals surface area contributed by atoms with Gasteiger partial charge in [0.2, 0.25) is 0 Å². The Kier molecular flexibility index (Phi) is 6.83. The Labute approximate surface area is 171 Å². The average molecular weight is 384 g/mol. The Morgan fingerprint density at radius 1 is 0.690 bits per heavy atom. The lowest BCUT2D eigenvalue weighted by Gasteiger charge is -2.00. The molecule has 0 radical (unpaired) electrons. The van der Waals surface area contributed by atoms with Crippen LogP contribution in [0, 0.1) is 42.2 Å². The lowest BCUT2D eigenvalue weighted by atomic mass is 10.1. The summed E-state index contributed by atoms with van der Waals surface area (Å²) in [4.78, 5) is 0. The van der Waals surface area contributed by atoms with Crippen molar-refractivity contribution in [2.75, 3.05) is 0 Å². The van der Waals surface area contributed by atoms with Crippen LogP contribution < -0.4 is 0 Å². The minimum Gasteiger partial charge on any atom is -0.205 e. The van der Waals surface area contributed by atoms with Crippen molar-refractivity contribution in [2.45, 2.75) is 33.1 Å². The van der Waals surface area contributed by atoms with Crippen LogP contribution in [-0.2, 0) is 6.42 Å². The van der Waals surface area contributed by atoms with Crippen molar-refractivity contribution in [2.24, 2.45) is 0 Å². The van der Waals surface area contributed by atoms with Crippen molar-refractivity contribution < 1.29 is 8.78 Å². The van der Waals surface area contributed by atoms with E-state index in [1.54, 1.807) is 0 Å². The lowest BCUT2D eigenvalue weighted by Crippen LogP contribution is -1.92. The quantitative estimate of drug-likeness (QED) is 0.457. The van der Waals surface area contributed by atoms with Crippen LogP contribution in [0.4, 0.5) is 8.78 Å². The van der Waals surface area contributed by atoms with E-state index in [0.29, 0.717) is 5.56 Å². The van der Waals surface area contributed by atoms with Crippen molar-refractivity contribution in [3.63, 3.8) is 0 Å². The van der Waals surface area contributed by atoms with Gasteiger partial charge in [-0.15, -0.1) is 0 Å². The van der Waals surface area contributed by atoms with E-state index in [0.717, 1.165) is 30.4 Å². The second-order valence-electron chi connectivity index (χ2n) is 6.98. The van der Waals surface area contributed by atoms with Gasteiger partial charge in [0, 0.05) is 16.7 Å². The molecule has 0 unspecified atom stereocenters. The number of benzene rings is 3. The topological polar surface area (TPSA) is 0 Å². The number of unbranched alkanes of at least 4 members (excludes halogenated alkanes) is 1. The molecule has 3 aromatic carbocycles. The van der Waals surface area contributed by atoms with E-state index in [4.69, 9.17) is 0 Å². The maximum absolute atomic E-state index is 14.4. The second kappa shape index (κ2) is 9.72. The fourth-order valence-corrected chi connectivity index (χ4v) is 2.82. The van der Waals surface area contributed by atoms with E-state index in [1.165, 1.54) is 17.7 Å². The predicted molar refractivity (Wildman–Crippen MR) is 115 cm³/mol. The zero-order valence-electron chi connectivity index (χ0n) is 16.7. The number of rotatable bonds is 3. The monoisotopic (exact) mass is 384 g/mol. The molecule has 0 saturated heterocycles. The second-order valence-corrected chi connectivity index (χ2v) is 6.98. The number of hydrogen-bond donors (Lipinski definition) is 0. The zero-order chi connectivity index (χ0) is 20.6. The molecule has 3 aromatic rings. The molecule has 0 saturated carbocycles. The van der Waals surface area contributed by atoms with Crippen LogP contribution in [0.3, 0.4) is 0 Å². The highest BCUT2D eigenvalue weighted by Gasteiger charge is 2.08. The van der Waals surface area contributed by atoms with Gasteiger partial charge in [0.25, 0.3) is 0 Å². The van der Waals surface area contributed by atoms with Gasteiger partial charge < -0.3 is 0 Å². The molecule has 0 aliphatic heterocycles. The Bertz CT molecular complexity index is 1080. The van der Waals surface area contributed by atoms with Crippen molar-refractivity contribution in [1.82, 2.24) is 0 Å². The standard InChI is InChI=1S/C27H22F2/c1-3-4-5-21-10-12-23(13-11-21)14-15-24-18-26(28)25(27(29)19-24)17-16-22-8-6-20(2)7-9-22/h6-13,18-19H,3-5H2,1-2H3. The first-order chi connectivity index (χ1) is 14.0. The van der Waals surface area contributed by atoms with E-state index in [9.17, 15) is 8.78 Å². The SMILES string of the molecule is CCCCc1ccc(C#Cc2cc(F)c(C#Cc3ccc(C)cc3)c(F)c2)cc1. The normalized spacial score (nSPS) is 9.93. The van der Waals surface area contributed by atoms with Gasteiger partial charge in [-0.2, -0.15) is 0 Å². The molecule has 0 fully saturated rings. The van der Waals surface area contributed by atoms with Crippen molar-refractivity contribution in [3.8, 4) is 23.7 Å². The first-order valence-electron chi connectivity index (χ1n) is 9.74. The van der Waals surface area contributed by atoms with Crippen LogP contribution >= 0.6 is 0 Å². The Balaban J connectivity index is 1.78. The maximum atomic E-state index is 14.4. The summed E-state index contributed by atoms with van der Waals surface area (Å²) in [7, 11) is 0. The first-order valence-corrected chi connectivity index (χ1v) is 9.74. The molecule has 29 heavy (non-hydrogen) atoms. The van der Waals surface area contributed by atoms with Gasteiger partial charge >= 0.3 is 0 Å². The molecular weight excluding hydrogens is 362 g/mol. The van der Waals surface area contributed by atoms with E-state index in [2.05, 4.69) is 30.6 Å². The molecule has 0 N–H and O–H groups in total. The largest absolute Gasteiger partial charge is 0.205 e. The summed E-state index contributed by atoms with van der Waals surface area (Å²) in [5, 5.41) is 0. The lowest BCUT2D eigenvalue weighted by molar-refractivity contribution is 0.577. The summed E-state index contributed by atoms with van der Waals surface area (Å²) in [5.41, 5.74) is 3.94. The fraction of sp³-hybridized carbons (Fsp3) is 0.185. The molecule has 0 aliphatic rings. The van der Waals surface area contributed by atoms with Gasteiger partial charge in [-0.3, -0.25) is 0 Å². The fourth-order valence-electron chi connectivity index (χ4n) is 2.82. The van der Waals surface area contributed by atoms with Gasteiger partial charge in [-0.1, -0.05) is 66.9 Å². The van der Waals surface area contributed by atoms with E-state index in [-0.39, 0.29) is 11.1 Å². The van der Waals surface area contributed by atoms with E-state index >= 15 is 0 Å². The van der Waals surface area contributed by atoms with Crippen molar-refractivity contribution in [1.29, 1.82) is 0 Å². The predicted octanol–water partition coefficient (Wildman–Crippen LogP) is 6.42. The molecule has 0 aromatic heterocycles. The van der Waals surface area contributed by atoms with Gasteiger partial charge in [0.1, 0.15) is 11.6 Å². The van der Waals surface area contributed by atoms with Gasteiger partial charge in [0.15, 0.2) is 0 Å². The molecule has 0 spiro atoms. The van der Waals surface area contributed by atoms with Gasteiger partial charge in [0.05, 0.1) is 5.56 Å². The Morgan fingerprint density at radius 3 is 1.79 bits per heavy atom. The molecule has 0 heterocycles. The average Bonchev–Trinajstić information content (AvgIpc) is 2.72. The van der Waals surface area contributed by atoms with Gasteiger partial charge in [-0.05, 0) is 61.7 Å². The number of hydrogen-bond acceptors (Lipinski definition) is 0. The molecule has 3 rings (SSSR count). The minimum atomic E-state index is -0.705. The molecule has 2 heteroatoms. The summed E-state index contributed by atoms with van der Waals surface area (Å²) < 4.78 is 28.7. The third-order valence-electron chi connectivity index (χ3n) is 4.55. The summed E-state index contributed by atoms with van der Waals surface area (Å²) in [5.74, 6) is 9.78. The van der Waals surface area contributed by atoms with Crippen molar-refractivity contribution in [3.05, 3.63) is 106 Å². The Morgan fingerprint density at radius 2 is 1.21 bits per heavy atom. The maximum Gasteiger partial charge on any atom is 0.143 e. The molecular formula is C27H22F2. The van der Waals surface area contributed by atoms with E-state index < -0.39 is 11.6 Å². The number of halogens is 2. The zero-order valence-corrected chi connectivity index (χ0v) is 16.7. The molecule has 0 bridgehead atoms. The van der Waals surface area contributed by atoms with Crippen LogP contribution in [-0.4, -0.2) is 0 Å². The van der Waals surface area contributed by atoms with Crippen LogP contribution in [0.2, 0.25) is 0 Å². The minimum absolute atomic E-state index is 0.239. The molecule has 0 amide bonds. The van der Waals surface area contributed by atoms with Crippen molar-refractivity contribution >= 4 is 0 Å². The molecule has 144 valence electrons. The summed E-state index contributed by atoms with van der Waals surface area (Å²) in [6.45, 7) is 4.13. The van der Waals surface area contributed by atoms with Crippen LogP contribution in [0.5, 0.6) is 0 Å². The summed E-state index contributed by atoms with van der Waals surface area (Å²) in [6.07, 6.45) is 3.36. The summed E-state index contributed by atoms with van der Waals surface area (Å²) in [6, 6.07) is 17.9. The van der Waals surface area contributed by atoms with Crippen LogP contribution in [0.1, 0.15) is 53.1 Å². The molecule has 0 nitrogen and oxygen atoms in total. The third kappa shape index (κ3) is 5.81. The third-order valence-corrected chi connectivity index (χ3v) is 4.55. The van der Waals surface area contributed by atoms with E-state index in [1.807, 2.05) is 55.5 Å². The first kappa shape index (κ1) is 20.4. The highest BCUT2D eigenvalue weighted by molar-refractivity contribution is 5.49. The number of aryl methyl sites for hydroxylation is 2. The van der Waals surface area contributed by atoms with Gasteiger partial charge in [-0.25, -0.2) is 8.78 Å². The smallest absolute Gasteiger partial charge is 0.143 e. The summed E-state index contributed by atoms with van der Waals surface area (Å²) >= 11 is 0.